The fraction of sp³-hybridized carbons (Fsp3) is 0.143. The minimum absolute atomic E-state index is 0.265. The van der Waals surface area contributed by atoms with Gasteiger partial charge < -0.3 is 0 Å². The molecule has 0 bridgehead atoms. The van der Waals surface area contributed by atoms with Crippen molar-refractivity contribution in [2.45, 2.75) is 12.5 Å². The van der Waals surface area contributed by atoms with Crippen LogP contribution in [0.15, 0.2) is 40.9 Å². The van der Waals surface area contributed by atoms with E-state index < -0.39 is 0 Å². The van der Waals surface area contributed by atoms with Crippen molar-refractivity contribution in [3.8, 4) is 0 Å². The third-order valence-electron chi connectivity index (χ3n) is 2.99. The van der Waals surface area contributed by atoms with Gasteiger partial charge in [-0.15, -0.1) is 0 Å². The predicted octanol–water partition coefficient (Wildman–Crippen LogP) is 4.64. The summed E-state index contributed by atoms with van der Waals surface area (Å²) in [5, 5.41) is 1.13. The molecular formula is C14H12BrCl2FN2. The highest BCUT2D eigenvalue weighted by Gasteiger charge is 2.17. The lowest BCUT2D eigenvalue weighted by molar-refractivity contribution is 0.546. The van der Waals surface area contributed by atoms with E-state index in [1.807, 2.05) is 6.07 Å². The summed E-state index contributed by atoms with van der Waals surface area (Å²) >= 11 is 15.4. The zero-order chi connectivity index (χ0) is 14.7. The van der Waals surface area contributed by atoms with Crippen LogP contribution < -0.4 is 11.3 Å². The van der Waals surface area contributed by atoms with Gasteiger partial charge in [0, 0.05) is 10.0 Å². The van der Waals surface area contributed by atoms with Crippen molar-refractivity contribution in [1.82, 2.24) is 5.43 Å². The first kappa shape index (κ1) is 15.7. The van der Waals surface area contributed by atoms with Crippen LogP contribution in [0.5, 0.6) is 0 Å². The van der Waals surface area contributed by atoms with Crippen LogP contribution in [0.25, 0.3) is 0 Å². The van der Waals surface area contributed by atoms with E-state index in [0.29, 0.717) is 20.9 Å². The normalized spacial score (nSPS) is 12.4. The quantitative estimate of drug-likeness (QED) is 0.601. The van der Waals surface area contributed by atoms with E-state index in [1.54, 1.807) is 24.3 Å². The lowest BCUT2D eigenvalue weighted by Gasteiger charge is -2.19. The summed E-state index contributed by atoms with van der Waals surface area (Å²) in [6, 6.07) is 9.79. The molecule has 1 unspecified atom stereocenters. The van der Waals surface area contributed by atoms with Gasteiger partial charge in [-0.3, -0.25) is 11.3 Å². The highest BCUT2D eigenvalue weighted by molar-refractivity contribution is 9.10. The van der Waals surface area contributed by atoms with Crippen LogP contribution in [0, 0.1) is 5.82 Å². The minimum atomic E-state index is -0.310. The maximum Gasteiger partial charge on any atom is 0.137 e. The minimum Gasteiger partial charge on any atom is -0.271 e. The summed E-state index contributed by atoms with van der Waals surface area (Å²) in [5.41, 5.74) is 4.27. The third kappa shape index (κ3) is 3.51. The van der Waals surface area contributed by atoms with Gasteiger partial charge in [0.1, 0.15) is 5.82 Å². The molecule has 1 atom stereocenters. The van der Waals surface area contributed by atoms with E-state index in [-0.39, 0.29) is 11.9 Å². The van der Waals surface area contributed by atoms with Gasteiger partial charge in [0.25, 0.3) is 0 Å². The number of nitrogens with one attached hydrogen (secondary N) is 1. The van der Waals surface area contributed by atoms with Crippen LogP contribution in [0.2, 0.25) is 10.0 Å². The maximum atomic E-state index is 13.5. The zero-order valence-corrected chi connectivity index (χ0v) is 13.4. The molecule has 0 saturated heterocycles. The van der Waals surface area contributed by atoms with Gasteiger partial charge in [0.2, 0.25) is 0 Å². The fourth-order valence-corrected chi connectivity index (χ4v) is 2.82. The molecule has 0 aliphatic rings. The monoisotopic (exact) mass is 376 g/mol. The number of hydrazine groups is 1. The van der Waals surface area contributed by atoms with Gasteiger partial charge in [-0.2, -0.15) is 0 Å². The molecule has 2 rings (SSSR count). The number of benzene rings is 2. The summed E-state index contributed by atoms with van der Waals surface area (Å²) in [7, 11) is 0. The molecule has 0 amide bonds. The Hall–Kier alpha value is -0.650. The van der Waals surface area contributed by atoms with E-state index in [0.717, 1.165) is 11.1 Å². The van der Waals surface area contributed by atoms with Crippen molar-refractivity contribution in [2.24, 2.45) is 5.84 Å². The van der Waals surface area contributed by atoms with Crippen molar-refractivity contribution in [1.29, 1.82) is 0 Å². The second kappa shape index (κ2) is 6.87. The fourth-order valence-electron chi connectivity index (χ4n) is 1.97. The molecular weight excluding hydrogens is 366 g/mol. The van der Waals surface area contributed by atoms with Crippen LogP contribution in [0.4, 0.5) is 4.39 Å². The Morgan fingerprint density at radius 2 is 2.00 bits per heavy atom. The molecule has 0 aliphatic carbocycles. The first-order chi connectivity index (χ1) is 9.52. The summed E-state index contributed by atoms with van der Waals surface area (Å²) in [4.78, 5) is 0. The lowest BCUT2D eigenvalue weighted by Crippen LogP contribution is -2.30. The maximum absolute atomic E-state index is 13.5. The van der Waals surface area contributed by atoms with Crippen LogP contribution in [-0.2, 0) is 6.42 Å². The Bertz CT molecular complexity index is 622. The molecule has 0 fully saturated rings. The summed E-state index contributed by atoms with van der Waals surface area (Å²) in [5.74, 6) is 5.29. The average Bonchev–Trinajstić information content (AvgIpc) is 2.43. The molecule has 3 N–H and O–H groups in total. The molecule has 20 heavy (non-hydrogen) atoms. The third-order valence-corrected chi connectivity index (χ3v) is 4.46. The Morgan fingerprint density at radius 3 is 2.70 bits per heavy atom. The van der Waals surface area contributed by atoms with Gasteiger partial charge in [-0.1, -0.05) is 35.3 Å². The molecule has 106 valence electrons. The van der Waals surface area contributed by atoms with E-state index >= 15 is 0 Å². The molecule has 2 aromatic rings. The number of halogens is 4. The van der Waals surface area contributed by atoms with Crippen LogP contribution in [-0.4, -0.2) is 0 Å². The van der Waals surface area contributed by atoms with Gasteiger partial charge >= 0.3 is 0 Å². The highest BCUT2D eigenvalue weighted by Crippen LogP contribution is 2.30. The molecule has 6 heteroatoms. The van der Waals surface area contributed by atoms with E-state index in [9.17, 15) is 4.39 Å². The van der Waals surface area contributed by atoms with Gasteiger partial charge in [0.05, 0.1) is 10.5 Å². The highest BCUT2D eigenvalue weighted by atomic mass is 79.9. The van der Waals surface area contributed by atoms with Crippen molar-refractivity contribution in [3.63, 3.8) is 0 Å². The predicted molar refractivity (Wildman–Crippen MR) is 84.3 cm³/mol. The molecule has 2 aromatic carbocycles. The van der Waals surface area contributed by atoms with Gasteiger partial charge in [-0.05, 0) is 57.7 Å². The van der Waals surface area contributed by atoms with Crippen molar-refractivity contribution >= 4 is 39.1 Å². The van der Waals surface area contributed by atoms with Gasteiger partial charge in [0.15, 0.2) is 0 Å². The Morgan fingerprint density at radius 1 is 1.25 bits per heavy atom. The number of hydrogen-bond donors (Lipinski definition) is 2. The summed E-state index contributed by atoms with van der Waals surface area (Å²) < 4.78 is 14.0. The first-order valence-electron chi connectivity index (χ1n) is 5.87. The SMILES string of the molecule is NNC(Cc1cccc(F)c1Br)c1cc(Cl)ccc1Cl. The van der Waals surface area contributed by atoms with E-state index in [4.69, 9.17) is 29.0 Å². The smallest absolute Gasteiger partial charge is 0.137 e. The molecule has 0 saturated carbocycles. The first-order valence-corrected chi connectivity index (χ1v) is 7.41. The molecule has 0 radical (unpaired) electrons. The van der Waals surface area contributed by atoms with Crippen molar-refractivity contribution in [3.05, 3.63) is 67.9 Å². The van der Waals surface area contributed by atoms with E-state index in [2.05, 4.69) is 21.4 Å². The molecule has 0 heterocycles. The average molecular weight is 378 g/mol. The molecule has 0 aliphatic heterocycles. The second-order valence-corrected chi connectivity index (χ2v) is 5.94. The standard InChI is InChI=1S/C14H12BrCl2FN2/c15-14-8(2-1-3-12(14)18)6-13(20-19)10-7-9(16)4-5-11(10)17/h1-5,7,13,20H,6,19H2. The van der Waals surface area contributed by atoms with E-state index in [1.165, 1.54) is 6.07 Å². The molecule has 0 aromatic heterocycles. The lowest BCUT2D eigenvalue weighted by atomic mass is 9.99. The summed E-state index contributed by atoms with van der Waals surface area (Å²) in [6.45, 7) is 0. The Kier molecular flexibility index (Phi) is 5.41. The summed E-state index contributed by atoms with van der Waals surface area (Å²) in [6.07, 6.45) is 0.481. The molecule has 2 nitrogen and oxygen atoms in total. The number of hydrogen-bond acceptors (Lipinski definition) is 2. The van der Waals surface area contributed by atoms with Crippen LogP contribution in [0.1, 0.15) is 17.2 Å². The van der Waals surface area contributed by atoms with Crippen LogP contribution in [0.3, 0.4) is 0 Å². The molecule has 0 spiro atoms. The van der Waals surface area contributed by atoms with Crippen molar-refractivity contribution < 1.29 is 4.39 Å². The Balaban J connectivity index is 2.34. The zero-order valence-electron chi connectivity index (χ0n) is 10.3. The Labute approximate surface area is 135 Å². The second-order valence-electron chi connectivity index (χ2n) is 4.30. The van der Waals surface area contributed by atoms with Crippen LogP contribution >= 0.6 is 39.1 Å². The number of rotatable bonds is 4. The topological polar surface area (TPSA) is 38.0 Å². The largest absolute Gasteiger partial charge is 0.271 e. The number of nitrogens with two attached hydrogens (primary N) is 1. The van der Waals surface area contributed by atoms with Crippen molar-refractivity contribution in [2.75, 3.05) is 0 Å². The van der Waals surface area contributed by atoms with Gasteiger partial charge in [-0.25, -0.2) is 4.39 Å².